The van der Waals surface area contributed by atoms with Crippen molar-refractivity contribution in [2.75, 3.05) is 13.1 Å². The van der Waals surface area contributed by atoms with E-state index < -0.39 is 5.41 Å². The maximum absolute atomic E-state index is 13.0. The fraction of sp³-hybridized carbons (Fsp3) is 0.562. The number of amides is 1. The highest BCUT2D eigenvalue weighted by Crippen LogP contribution is 2.28. The van der Waals surface area contributed by atoms with E-state index in [0.29, 0.717) is 13.1 Å². The van der Waals surface area contributed by atoms with Gasteiger partial charge in [0.1, 0.15) is 11.9 Å². The number of hydrogen-bond donors (Lipinski definition) is 0. The van der Waals surface area contributed by atoms with E-state index >= 15 is 0 Å². The van der Waals surface area contributed by atoms with E-state index in [1.807, 2.05) is 32.6 Å². The van der Waals surface area contributed by atoms with Crippen molar-refractivity contribution in [1.82, 2.24) is 4.90 Å². The van der Waals surface area contributed by atoms with E-state index in [9.17, 15) is 9.18 Å². The number of halogens is 1. The highest BCUT2D eigenvalue weighted by molar-refractivity contribution is 5.81. The van der Waals surface area contributed by atoms with Gasteiger partial charge in [0.25, 0.3) is 0 Å². The molecular formula is C16H22FNO2. The van der Waals surface area contributed by atoms with E-state index in [-0.39, 0.29) is 23.9 Å². The molecule has 1 aliphatic rings. The smallest absolute Gasteiger partial charge is 0.228 e. The van der Waals surface area contributed by atoms with Crippen molar-refractivity contribution in [1.29, 1.82) is 0 Å². The first-order valence-electron chi connectivity index (χ1n) is 6.97. The van der Waals surface area contributed by atoms with Crippen molar-refractivity contribution in [3.8, 4) is 0 Å². The molecule has 1 aromatic carbocycles. The van der Waals surface area contributed by atoms with Gasteiger partial charge in [0.2, 0.25) is 5.91 Å². The number of rotatable bonds is 1. The fourth-order valence-electron chi connectivity index (χ4n) is 2.45. The van der Waals surface area contributed by atoms with E-state index in [4.69, 9.17) is 4.74 Å². The minimum Gasteiger partial charge on any atom is -0.367 e. The topological polar surface area (TPSA) is 29.5 Å². The molecule has 1 amide bonds. The average molecular weight is 279 g/mol. The Morgan fingerprint density at radius 2 is 1.85 bits per heavy atom. The third-order valence-electron chi connectivity index (χ3n) is 3.43. The Bertz CT molecular complexity index is 478. The lowest BCUT2D eigenvalue weighted by atomic mass is 9.93. The van der Waals surface area contributed by atoms with E-state index in [2.05, 4.69) is 0 Å². The number of nitrogens with zero attached hydrogens (tertiary/aromatic N) is 1. The van der Waals surface area contributed by atoms with Crippen molar-refractivity contribution in [3.05, 3.63) is 35.6 Å². The van der Waals surface area contributed by atoms with Crippen molar-refractivity contribution in [3.63, 3.8) is 0 Å². The lowest BCUT2D eigenvalue weighted by Gasteiger charge is -2.39. The second-order valence-corrected chi connectivity index (χ2v) is 6.45. The molecule has 0 saturated carbocycles. The molecule has 110 valence electrons. The summed E-state index contributed by atoms with van der Waals surface area (Å²) in [5.74, 6) is -0.139. The molecule has 4 heteroatoms. The molecule has 1 saturated heterocycles. The Balaban J connectivity index is 2.16. The Labute approximate surface area is 119 Å². The Kier molecular flexibility index (Phi) is 4.14. The molecule has 0 N–H and O–H groups in total. The molecule has 0 bridgehead atoms. The molecule has 0 spiro atoms. The van der Waals surface area contributed by atoms with Crippen LogP contribution in [0, 0.1) is 11.2 Å². The fourth-order valence-corrected chi connectivity index (χ4v) is 2.45. The number of carbonyl (C=O) groups excluding carboxylic acids is 1. The summed E-state index contributed by atoms with van der Waals surface area (Å²) in [6.07, 6.45) is -0.212. The third-order valence-corrected chi connectivity index (χ3v) is 3.43. The van der Waals surface area contributed by atoms with Gasteiger partial charge in [-0.05, 0) is 24.6 Å². The van der Waals surface area contributed by atoms with Gasteiger partial charge >= 0.3 is 0 Å². The SMILES string of the molecule is CC1CN(C(=O)C(C)(C)C)CC(c2ccc(F)cc2)O1. The van der Waals surface area contributed by atoms with Crippen molar-refractivity contribution in [2.24, 2.45) is 5.41 Å². The molecule has 2 rings (SSSR count). The van der Waals surface area contributed by atoms with Gasteiger partial charge in [0, 0.05) is 12.0 Å². The predicted molar refractivity (Wildman–Crippen MR) is 75.7 cm³/mol. The van der Waals surface area contributed by atoms with E-state index in [1.54, 1.807) is 12.1 Å². The van der Waals surface area contributed by atoms with E-state index in [1.165, 1.54) is 12.1 Å². The van der Waals surface area contributed by atoms with Crippen LogP contribution < -0.4 is 0 Å². The highest BCUT2D eigenvalue weighted by Gasteiger charge is 2.34. The minimum atomic E-state index is -0.398. The molecule has 0 radical (unpaired) electrons. The molecule has 2 atom stereocenters. The molecule has 1 aliphatic heterocycles. The summed E-state index contributed by atoms with van der Waals surface area (Å²) in [6.45, 7) is 8.84. The summed E-state index contributed by atoms with van der Waals surface area (Å²) >= 11 is 0. The quantitative estimate of drug-likeness (QED) is 0.790. The van der Waals surface area contributed by atoms with Gasteiger partial charge in [-0.1, -0.05) is 32.9 Å². The maximum Gasteiger partial charge on any atom is 0.228 e. The number of benzene rings is 1. The first-order chi connectivity index (χ1) is 9.27. The van der Waals surface area contributed by atoms with Gasteiger partial charge < -0.3 is 9.64 Å². The monoisotopic (exact) mass is 279 g/mol. The second-order valence-electron chi connectivity index (χ2n) is 6.45. The molecule has 1 aromatic rings. The number of ether oxygens (including phenoxy) is 1. The molecule has 2 unspecified atom stereocenters. The van der Waals surface area contributed by atoms with Gasteiger partial charge in [-0.15, -0.1) is 0 Å². The Hall–Kier alpha value is -1.42. The van der Waals surface area contributed by atoms with Crippen molar-refractivity contribution < 1.29 is 13.9 Å². The van der Waals surface area contributed by atoms with Crippen molar-refractivity contribution in [2.45, 2.75) is 39.9 Å². The van der Waals surface area contributed by atoms with E-state index in [0.717, 1.165) is 5.56 Å². The van der Waals surface area contributed by atoms with Crippen LogP contribution >= 0.6 is 0 Å². The molecule has 3 nitrogen and oxygen atoms in total. The normalized spacial score (nSPS) is 23.8. The highest BCUT2D eigenvalue weighted by atomic mass is 19.1. The second kappa shape index (κ2) is 5.52. The Morgan fingerprint density at radius 3 is 2.40 bits per heavy atom. The van der Waals surface area contributed by atoms with Crippen LogP contribution in [0.4, 0.5) is 4.39 Å². The number of morpholine rings is 1. The Morgan fingerprint density at radius 1 is 1.25 bits per heavy atom. The first-order valence-corrected chi connectivity index (χ1v) is 6.97. The van der Waals surface area contributed by atoms with Crippen LogP contribution in [0.15, 0.2) is 24.3 Å². The minimum absolute atomic E-state index is 0.0231. The van der Waals surface area contributed by atoms with Crippen LogP contribution in [-0.4, -0.2) is 30.0 Å². The molecule has 20 heavy (non-hydrogen) atoms. The molecule has 1 fully saturated rings. The van der Waals surface area contributed by atoms with Gasteiger partial charge in [-0.25, -0.2) is 4.39 Å². The van der Waals surface area contributed by atoms with Crippen LogP contribution in [0.2, 0.25) is 0 Å². The van der Waals surface area contributed by atoms with Crippen LogP contribution in [0.3, 0.4) is 0 Å². The molecule has 1 heterocycles. The van der Waals surface area contributed by atoms with Gasteiger partial charge in [-0.3, -0.25) is 4.79 Å². The largest absolute Gasteiger partial charge is 0.367 e. The van der Waals surface area contributed by atoms with Crippen LogP contribution in [0.25, 0.3) is 0 Å². The lowest BCUT2D eigenvalue weighted by molar-refractivity contribution is -0.152. The summed E-state index contributed by atoms with van der Waals surface area (Å²) in [7, 11) is 0. The predicted octanol–water partition coefficient (Wildman–Crippen LogP) is 3.16. The summed E-state index contributed by atoms with van der Waals surface area (Å²) < 4.78 is 18.9. The summed E-state index contributed by atoms with van der Waals surface area (Å²) in [5, 5.41) is 0. The lowest BCUT2D eigenvalue weighted by Crippen LogP contribution is -2.49. The summed E-state index contributed by atoms with van der Waals surface area (Å²) in [5.41, 5.74) is 0.509. The third kappa shape index (κ3) is 3.37. The average Bonchev–Trinajstić information content (AvgIpc) is 2.37. The molecule has 0 aromatic heterocycles. The zero-order valence-corrected chi connectivity index (χ0v) is 12.5. The van der Waals surface area contributed by atoms with Gasteiger partial charge in [0.15, 0.2) is 0 Å². The zero-order chi connectivity index (χ0) is 14.9. The molecular weight excluding hydrogens is 257 g/mol. The summed E-state index contributed by atoms with van der Waals surface area (Å²) in [4.78, 5) is 14.3. The van der Waals surface area contributed by atoms with Crippen molar-refractivity contribution >= 4 is 5.91 Å². The molecule has 0 aliphatic carbocycles. The number of carbonyl (C=O) groups is 1. The van der Waals surface area contributed by atoms with Gasteiger partial charge in [0.05, 0.1) is 12.6 Å². The number of hydrogen-bond acceptors (Lipinski definition) is 2. The standard InChI is InChI=1S/C16H22FNO2/c1-11-9-18(15(19)16(2,3)4)10-14(20-11)12-5-7-13(17)8-6-12/h5-8,11,14H,9-10H2,1-4H3. The maximum atomic E-state index is 13.0. The van der Waals surface area contributed by atoms with Crippen LogP contribution in [0.1, 0.15) is 39.4 Å². The van der Waals surface area contributed by atoms with Gasteiger partial charge in [-0.2, -0.15) is 0 Å². The van der Waals surface area contributed by atoms with Crippen LogP contribution in [0.5, 0.6) is 0 Å². The first kappa shape index (κ1) is 15.0. The summed E-state index contributed by atoms with van der Waals surface area (Å²) in [6, 6.07) is 6.29. The zero-order valence-electron chi connectivity index (χ0n) is 12.5. The van der Waals surface area contributed by atoms with Crippen LogP contribution in [-0.2, 0) is 9.53 Å².